The summed E-state index contributed by atoms with van der Waals surface area (Å²) >= 11 is 2.62. The van der Waals surface area contributed by atoms with E-state index in [2.05, 4.69) is 20.8 Å². The first-order valence-corrected chi connectivity index (χ1v) is 10.8. The molecule has 0 radical (unpaired) electrons. The third kappa shape index (κ3) is 5.84. The molecule has 0 spiro atoms. The number of nitrogens with zero attached hydrogens (tertiary/aromatic N) is 2. The van der Waals surface area contributed by atoms with Gasteiger partial charge in [-0.2, -0.15) is 13.2 Å². The fourth-order valence-electron chi connectivity index (χ4n) is 2.96. The van der Waals surface area contributed by atoms with E-state index in [-0.39, 0.29) is 11.6 Å². The van der Waals surface area contributed by atoms with Crippen LogP contribution in [-0.2, 0) is 11.0 Å². The Kier molecular flexibility index (Phi) is 6.82. The van der Waals surface area contributed by atoms with E-state index in [0.29, 0.717) is 10.4 Å². The zero-order valence-corrected chi connectivity index (χ0v) is 16.9. The molecule has 2 N–H and O–H groups in total. The van der Waals surface area contributed by atoms with Crippen molar-refractivity contribution in [2.45, 2.75) is 60.8 Å². The minimum Gasteiger partial charge on any atom is -0.357 e. The van der Waals surface area contributed by atoms with Crippen molar-refractivity contribution in [2.75, 3.05) is 10.6 Å². The third-order valence-electron chi connectivity index (χ3n) is 4.44. The Morgan fingerprint density at radius 1 is 1.25 bits per heavy atom. The summed E-state index contributed by atoms with van der Waals surface area (Å²) in [6, 6.07) is 5.01. The minimum atomic E-state index is -4.45. The molecule has 1 aliphatic rings. The predicted octanol–water partition coefficient (Wildman–Crippen LogP) is 5.42. The summed E-state index contributed by atoms with van der Waals surface area (Å²) in [5.41, 5.74) is -0.683. The molecule has 1 aromatic heterocycles. The molecule has 28 heavy (non-hydrogen) atoms. The molecule has 1 amide bonds. The monoisotopic (exact) mass is 430 g/mol. The molecule has 1 aliphatic carbocycles. The maximum Gasteiger partial charge on any atom is 0.416 e. The topological polar surface area (TPSA) is 66.9 Å². The SMILES string of the molecule is C[C@@H](Sc1nnc(NC2CCCCC2)s1)C(=O)Nc1cccc(C(F)(F)F)c1. The number of alkyl halides is 3. The lowest BCUT2D eigenvalue weighted by atomic mass is 9.96. The Morgan fingerprint density at radius 3 is 2.71 bits per heavy atom. The van der Waals surface area contributed by atoms with Gasteiger partial charge in [0.2, 0.25) is 11.0 Å². The summed E-state index contributed by atoms with van der Waals surface area (Å²) in [6.07, 6.45) is 1.49. The number of carbonyl (C=O) groups excluding carboxylic acids is 1. The highest BCUT2D eigenvalue weighted by Gasteiger charge is 2.30. The van der Waals surface area contributed by atoms with Crippen LogP contribution >= 0.6 is 23.1 Å². The van der Waals surface area contributed by atoms with E-state index >= 15 is 0 Å². The highest BCUT2D eigenvalue weighted by molar-refractivity contribution is 8.02. The van der Waals surface area contributed by atoms with Crippen molar-refractivity contribution in [3.05, 3.63) is 29.8 Å². The molecule has 0 saturated heterocycles. The van der Waals surface area contributed by atoms with Crippen LogP contribution < -0.4 is 10.6 Å². The number of nitrogens with one attached hydrogen (secondary N) is 2. The highest BCUT2D eigenvalue weighted by atomic mass is 32.2. The van der Waals surface area contributed by atoms with Crippen LogP contribution in [0.2, 0.25) is 0 Å². The average molecular weight is 431 g/mol. The van der Waals surface area contributed by atoms with E-state index in [1.165, 1.54) is 54.5 Å². The van der Waals surface area contributed by atoms with Crippen molar-refractivity contribution in [1.82, 2.24) is 10.2 Å². The Bertz CT molecular complexity index is 806. The molecular formula is C18H21F3N4OS2. The van der Waals surface area contributed by atoms with Crippen LogP contribution in [0.15, 0.2) is 28.6 Å². The van der Waals surface area contributed by atoms with E-state index in [1.807, 2.05) is 0 Å². The van der Waals surface area contributed by atoms with Crippen molar-refractivity contribution in [1.29, 1.82) is 0 Å². The highest BCUT2D eigenvalue weighted by Crippen LogP contribution is 2.32. The number of hydrogen-bond acceptors (Lipinski definition) is 6. The van der Waals surface area contributed by atoms with Gasteiger partial charge in [0.05, 0.1) is 10.8 Å². The first kappa shape index (κ1) is 20.9. The van der Waals surface area contributed by atoms with Gasteiger partial charge in [-0.25, -0.2) is 0 Å². The Morgan fingerprint density at radius 2 is 2.00 bits per heavy atom. The van der Waals surface area contributed by atoms with Crippen molar-refractivity contribution in [3.8, 4) is 0 Å². The second-order valence-corrected chi connectivity index (χ2v) is 9.25. The molecule has 1 atom stereocenters. The van der Waals surface area contributed by atoms with Gasteiger partial charge in [0.15, 0.2) is 4.34 Å². The smallest absolute Gasteiger partial charge is 0.357 e. The van der Waals surface area contributed by atoms with Crippen LogP contribution in [0.4, 0.5) is 24.0 Å². The average Bonchev–Trinajstić information content (AvgIpc) is 3.09. The van der Waals surface area contributed by atoms with E-state index in [1.54, 1.807) is 6.92 Å². The number of hydrogen-bond donors (Lipinski definition) is 2. The molecule has 1 heterocycles. The second kappa shape index (κ2) is 9.13. The lowest BCUT2D eigenvalue weighted by Gasteiger charge is -2.21. The van der Waals surface area contributed by atoms with Gasteiger partial charge in [-0.1, -0.05) is 48.4 Å². The Labute approximate surface area is 169 Å². The molecule has 1 saturated carbocycles. The molecule has 152 valence electrons. The van der Waals surface area contributed by atoms with Crippen molar-refractivity contribution in [2.24, 2.45) is 0 Å². The fraction of sp³-hybridized carbons (Fsp3) is 0.500. The molecule has 0 bridgehead atoms. The number of rotatable bonds is 6. The lowest BCUT2D eigenvalue weighted by Crippen LogP contribution is -2.22. The van der Waals surface area contributed by atoms with Gasteiger partial charge >= 0.3 is 6.18 Å². The zero-order valence-electron chi connectivity index (χ0n) is 15.3. The van der Waals surface area contributed by atoms with Crippen molar-refractivity contribution in [3.63, 3.8) is 0 Å². The fourth-order valence-corrected chi connectivity index (χ4v) is 4.93. The third-order valence-corrected chi connectivity index (χ3v) is 6.48. The summed E-state index contributed by atoms with van der Waals surface area (Å²) in [5.74, 6) is -0.388. The number of aromatic nitrogens is 2. The van der Waals surface area contributed by atoms with E-state index in [4.69, 9.17) is 0 Å². The lowest BCUT2D eigenvalue weighted by molar-refractivity contribution is -0.137. The summed E-state index contributed by atoms with van der Waals surface area (Å²) in [6.45, 7) is 1.68. The molecule has 2 aromatic rings. The van der Waals surface area contributed by atoms with E-state index in [0.717, 1.165) is 30.1 Å². The zero-order chi connectivity index (χ0) is 20.1. The second-order valence-electron chi connectivity index (χ2n) is 6.68. The van der Waals surface area contributed by atoms with Gasteiger partial charge in [0, 0.05) is 11.7 Å². The molecule has 1 fully saturated rings. The van der Waals surface area contributed by atoms with Gasteiger partial charge in [-0.15, -0.1) is 10.2 Å². The Balaban J connectivity index is 1.54. The van der Waals surface area contributed by atoms with Gasteiger partial charge in [-0.3, -0.25) is 4.79 Å². The maximum atomic E-state index is 12.8. The summed E-state index contributed by atoms with van der Waals surface area (Å²) in [5, 5.41) is 14.4. The van der Waals surface area contributed by atoms with E-state index in [9.17, 15) is 18.0 Å². The van der Waals surface area contributed by atoms with Gasteiger partial charge in [-0.05, 0) is 38.0 Å². The molecule has 1 aromatic carbocycles. The van der Waals surface area contributed by atoms with Crippen LogP contribution in [-0.4, -0.2) is 27.4 Å². The quantitative estimate of drug-likeness (QED) is 0.599. The van der Waals surface area contributed by atoms with Crippen LogP contribution in [0.1, 0.15) is 44.6 Å². The normalized spacial score (nSPS) is 16.6. The van der Waals surface area contributed by atoms with Crippen molar-refractivity contribution >= 4 is 39.8 Å². The van der Waals surface area contributed by atoms with Gasteiger partial charge in [0.1, 0.15) is 0 Å². The molecular weight excluding hydrogens is 409 g/mol. The first-order chi connectivity index (χ1) is 13.3. The van der Waals surface area contributed by atoms with Crippen LogP contribution in [0, 0.1) is 0 Å². The number of amides is 1. The van der Waals surface area contributed by atoms with E-state index < -0.39 is 17.0 Å². The molecule has 0 aliphatic heterocycles. The summed E-state index contributed by atoms with van der Waals surface area (Å²) in [4.78, 5) is 12.3. The van der Waals surface area contributed by atoms with Crippen LogP contribution in [0.25, 0.3) is 0 Å². The van der Waals surface area contributed by atoms with Crippen LogP contribution in [0.5, 0.6) is 0 Å². The summed E-state index contributed by atoms with van der Waals surface area (Å²) in [7, 11) is 0. The van der Waals surface area contributed by atoms with Crippen LogP contribution in [0.3, 0.4) is 0 Å². The predicted molar refractivity (Wildman–Crippen MR) is 106 cm³/mol. The van der Waals surface area contributed by atoms with Crippen molar-refractivity contribution < 1.29 is 18.0 Å². The molecule has 10 heteroatoms. The number of halogens is 3. The number of benzene rings is 1. The molecule has 0 unspecified atom stereocenters. The molecule has 5 nitrogen and oxygen atoms in total. The first-order valence-electron chi connectivity index (χ1n) is 9.06. The maximum absolute atomic E-state index is 12.8. The Hall–Kier alpha value is -1.81. The minimum absolute atomic E-state index is 0.115. The summed E-state index contributed by atoms with van der Waals surface area (Å²) < 4.78 is 39.0. The molecule has 3 rings (SSSR count). The van der Waals surface area contributed by atoms with Gasteiger partial charge < -0.3 is 10.6 Å². The largest absolute Gasteiger partial charge is 0.416 e. The standard InChI is InChI=1S/C18H21F3N4OS2/c1-11(15(26)22-14-9-5-6-12(10-14)18(19,20)21)27-17-25-24-16(28-17)23-13-7-3-2-4-8-13/h5-6,9-11,13H,2-4,7-8H2,1H3,(H,22,26)(H,23,24)/t11-/m1/s1. The van der Waals surface area contributed by atoms with Gasteiger partial charge in [0.25, 0.3) is 0 Å². The number of anilines is 2. The number of carbonyl (C=O) groups is 1. The number of thioether (sulfide) groups is 1.